The molecule has 0 amide bonds. The Labute approximate surface area is 104 Å². The van der Waals surface area contributed by atoms with Gasteiger partial charge in [0.1, 0.15) is 5.75 Å². The standard InChI is InChI=1S/C14H20N2O/c1-4-13(9-10-15)16(2)11-12-7-5-6-8-14(12)17-3/h5-8,13H,4,9,11H2,1-3H3. The minimum Gasteiger partial charge on any atom is -0.496 e. The van der Waals surface area contributed by atoms with E-state index in [1.54, 1.807) is 7.11 Å². The maximum Gasteiger partial charge on any atom is 0.123 e. The van der Waals surface area contributed by atoms with E-state index < -0.39 is 0 Å². The summed E-state index contributed by atoms with van der Waals surface area (Å²) in [5.74, 6) is 0.908. The molecule has 0 bridgehead atoms. The van der Waals surface area contributed by atoms with Gasteiger partial charge >= 0.3 is 0 Å². The van der Waals surface area contributed by atoms with Crippen molar-refractivity contribution in [2.45, 2.75) is 32.4 Å². The lowest BCUT2D eigenvalue weighted by atomic mass is 10.1. The van der Waals surface area contributed by atoms with Crippen LogP contribution in [0.4, 0.5) is 0 Å². The second-order valence-electron chi connectivity index (χ2n) is 4.15. The summed E-state index contributed by atoms with van der Waals surface area (Å²) in [5.41, 5.74) is 1.16. The number of benzene rings is 1. The van der Waals surface area contributed by atoms with Gasteiger partial charge in [0, 0.05) is 18.2 Å². The Kier molecular flexibility index (Phi) is 5.51. The summed E-state index contributed by atoms with van der Waals surface area (Å²) in [4.78, 5) is 2.21. The molecule has 1 unspecified atom stereocenters. The number of hydrogen-bond acceptors (Lipinski definition) is 3. The van der Waals surface area contributed by atoms with Crippen LogP contribution in [0.5, 0.6) is 5.75 Å². The third kappa shape index (κ3) is 3.76. The molecule has 1 aromatic carbocycles. The molecule has 1 atom stereocenters. The molecule has 0 aliphatic rings. The molecule has 17 heavy (non-hydrogen) atoms. The largest absolute Gasteiger partial charge is 0.496 e. The fourth-order valence-electron chi connectivity index (χ4n) is 1.95. The topological polar surface area (TPSA) is 36.3 Å². The summed E-state index contributed by atoms with van der Waals surface area (Å²) in [7, 11) is 3.74. The number of hydrogen-bond donors (Lipinski definition) is 0. The van der Waals surface area contributed by atoms with Crippen LogP contribution in [0, 0.1) is 11.3 Å². The smallest absolute Gasteiger partial charge is 0.123 e. The molecule has 0 saturated carbocycles. The van der Waals surface area contributed by atoms with Crippen LogP contribution in [0.3, 0.4) is 0 Å². The Bertz CT molecular complexity index is 384. The van der Waals surface area contributed by atoms with Gasteiger partial charge in [-0.15, -0.1) is 0 Å². The molecule has 0 N–H and O–H groups in total. The molecule has 0 spiro atoms. The molecule has 3 heteroatoms. The highest BCUT2D eigenvalue weighted by Gasteiger charge is 2.14. The van der Waals surface area contributed by atoms with Crippen LogP contribution in [0.25, 0.3) is 0 Å². The Morgan fingerprint density at radius 2 is 2.12 bits per heavy atom. The molecule has 0 saturated heterocycles. The van der Waals surface area contributed by atoms with E-state index in [0.717, 1.165) is 24.3 Å². The van der Waals surface area contributed by atoms with Crippen LogP contribution in [0.1, 0.15) is 25.3 Å². The number of nitrogens with zero attached hydrogens (tertiary/aromatic N) is 2. The van der Waals surface area contributed by atoms with Crippen molar-refractivity contribution in [1.29, 1.82) is 5.26 Å². The van der Waals surface area contributed by atoms with E-state index in [-0.39, 0.29) is 0 Å². The normalized spacial score (nSPS) is 12.2. The van der Waals surface area contributed by atoms with Crippen molar-refractivity contribution in [3.63, 3.8) is 0 Å². The maximum atomic E-state index is 8.78. The molecule has 1 aromatic rings. The molecule has 0 radical (unpaired) electrons. The molecule has 0 aromatic heterocycles. The van der Waals surface area contributed by atoms with Crippen LogP contribution in [-0.4, -0.2) is 25.1 Å². The molecule has 3 nitrogen and oxygen atoms in total. The van der Waals surface area contributed by atoms with Crippen LogP contribution >= 0.6 is 0 Å². The van der Waals surface area contributed by atoms with Gasteiger partial charge in [-0.1, -0.05) is 25.1 Å². The van der Waals surface area contributed by atoms with Gasteiger partial charge in [0.25, 0.3) is 0 Å². The fourth-order valence-corrected chi connectivity index (χ4v) is 1.95. The van der Waals surface area contributed by atoms with Crippen LogP contribution < -0.4 is 4.74 Å². The Morgan fingerprint density at radius 1 is 1.41 bits per heavy atom. The fraction of sp³-hybridized carbons (Fsp3) is 0.500. The van der Waals surface area contributed by atoms with Crippen molar-refractivity contribution >= 4 is 0 Å². The Hall–Kier alpha value is -1.53. The molecule has 0 heterocycles. The van der Waals surface area contributed by atoms with Gasteiger partial charge in [-0.3, -0.25) is 4.90 Å². The van der Waals surface area contributed by atoms with Crippen molar-refractivity contribution in [3.05, 3.63) is 29.8 Å². The molecule has 0 fully saturated rings. The van der Waals surface area contributed by atoms with Gasteiger partial charge in [0.2, 0.25) is 0 Å². The average molecular weight is 232 g/mol. The van der Waals surface area contributed by atoms with E-state index in [2.05, 4.69) is 31.0 Å². The van der Waals surface area contributed by atoms with Crippen molar-refractivity contribution in [3.8, 4) is 11.8 Å². The lowest BCUT2D eigenvalue weighted by Gasteiger charge is -2.25. The van der Waals surface area contributed by atoms with Crippen LogP contribution in [0.15, 0.2) is 24.3 Å². The summed E-state index contributed by atoms with van der Waals surface area (Å²) < 4.78 is 5.33. The third-order valence-electron chi connectivity index (χ3n) is 3.03. The van der Waals surface area contributed by atoms with E-state index >= 15 is 0 Å². The number of methoxy groups -OCH3 is 1. The van der Waals surface area contributed by atoms with Gasteiger partial charge in [0.05, 0.1) is 19.6 Å². The minimum atomic E-state index is 0.310. The molecule has 92 valence electrons. The van der Waals surface area contributed by atoms with Crippen LogP contribution in [-0.2, 0) is 6.54 Å². The van der Waals surface area contributed by atoms with Crippen molar-refractivity contribution in [2.75, 3.05) is 14.2 Å². The highest BCUT2D eigenvalue weighted by Crippen LogP contribution is 2.20. The van der Waals surface area contributed by atoms with Crippen LogP contribution in [0.2, 0.25) is 0 Å². The van der Waals surface area contributed by atoms with E-state index in [1.807, 2.05) is 18.2 Å². The van der Waals surface area contributed by atoms with Crippen molar-refractivity contribution < 1.29 is 4.74 Å². The first-order valence-corrected chi connectivity index (χ1v) is 5.92. The zero-order valence-electron chi connectivity index (χ0n) is 10.8. The summed E-state index contributed by atoms with van der Waals surface area (Å²) in [6, 6.07) is 10.6. The van der Waals surface area contributed by atoms with E-state index in [9.17, 15) is 0 Å². The molecular weight excluding hydrogens is 212 g/mol. The quantitative estimate of drug-likeness (QED) is 0.756. The van der Waals surface area contributed by atoms with E-state index in [1.165, 1.54) is 0 Å². The molecule has 0 aliphatic carbocycles. The molecular formula is C14H20N2O. The Balaban J connectivity index is 2.73. The second-order valence-corrected chi connectivity index (χ2v) is 4.15. The van der Waals surface area contributed by atoms with Gasteiger partial charge in [0.15, 0.2) is 0 Å². The first-order valence-electron chi connectivity index (χ1n) is 5.92. The van der Waals surface area contributed by atoms with Crippen molar-refractivity contribution in [1.82, 2.24) is 4.90 Å². The van der Waals surface area contributed by atoms with Gasteiger partial charge in [-0.25, -0.2) is 0 Å². The zero-order chi connectivity index (χ0) is 12.7. The predicted octanol–water partition coefficient (Wildman–Crippen LogP) is 2.82. The van der Waals surface area contributed by atoms with Crippen molar-refractivity contribution in [2.24, 2.45) is 0 Å². The summed E-state index contributed by atoms with van der Waals surface area (Å²) in [6.45, 7) is 2.92. The highest BCUT2D eigenvalue weighted by atomic mass is 16.5. The van der Waals surface area contributed by atoms with Gasteiger partial charge < -0.3 is 4.74 Å². The van der Waals surface area contributed by atoms with E-state index in [0.29, 0.717) is 12.5 Å². The van der Waals surface area contributed by atoms with Gasteiger partial charge in [-0.05, 0) is 19.5 Å². The minimum absolute atomic E-state index is 0.310. The van der Waals surface area contributed by atoms with E-state index in [4.69, 9.17) is 10.00 Å². The maximum absolute atomic E-state index is 8.78. The lowest BCUT2D eigenvalue weighted by molar-refractivity contribution is 0.227. The number of para-hydroxylation sites is 1. The highest BCUT2D eigenvalue weighted by molar-refractivity contribution is 5.33. The monoisotopic (exact) mass is 232 g/mol. The summed E-state index contributed by atoms with van der Waals surface area (Å²) in [5, 5.41) is 8.78. The first kappa shape index (κ1) is 13.5. The third-order valence-corrected chi connectivity index (χ3v) is 3.03. The van der Waals surface area contributed by atoms with Gasteiger partial charge in [-0.2, -0.15) is 5.26 Å². The average Bonchev–Trinajstić information content (AvgIpc) is 2.36. The second kappa shape index (κ2) is 6.93. The number of nitriles is 1. The molecule has 0 aliphatic heterocycles. The zero-order valence-corrected chi connectivity index (χ0v) is 10.8. The predicted molar refractivity (Wildman–Crippen MR) is 68.8 cm³/mol. The number of rotatable bonds is 6. The summed E-state index contributed by atoms with van der Waals surface area (Å²) in [6.07, 6.45) is 1.56. The first-order chi connectivity index (χ1) is 8.22. The summed E-state index contributed by atoms with van der Waals surface area (Å²) >= 11 is 0. The SMILES string of the molecule is CCC(CC#N)N(C)Cc1ccccc1OC. The number of ether oxygens (including phenoxy) is 1. The molecule has 1 rings (SSSR count). The Morgan fingerprint density at radius 3 is 2.71 bits per heavy atom. The lowest BCUT2D eigenvalue weighted by Crippen LogP contribution is -2.30.